The average Bonchev–Trinajstić information content (AvgIpc) is 2.65. The molecule has 1 atom stereocenters. The molecule has 25 heavy (non-hydrogen) atoms. The molecule has 0 aliphatic rings. The van der Waals surface area contributed by atoms with Crippen LogP contribution in [0.5, 0.6) is 0 Å². The van der Waals surface area contributed by atoms with Crippen molar-refractivity contribution >= 4 is 11.8 Å². The number of Topliss-reactive ketones (excluding diaryl/α,β-unsaturated/α-hetero) is 1. The molecule has 2 aromatic rings. The first-order valence-corrected chi connectivity index (χ1v) is 9.01. The second kappa shape index (κ2) is 9.77. The van der Waals surface area contributed by atoms with Crippen molar-refractivity contribution in [3.8, 4) is 0 Å². The molecule has 0 saturated heterocycles. The molecule has 0 aromatic heterocycles. The monoisotopic (exact) mass is 338 g/mol. The van der Waals surface area contributed by atoms with E-state index >= 15 is 0 Å². The highest BCUT2D eigenvalue weighted by molar-refractivity contribution is 5.99. The van der Waals surface area contributed by atoms with E-state index < -0.39 is 0 Å². The van der Waals surface area contributed by atoms with Gasteiger partial charge in [0.2, 0.25) is 0 Å². The maximum absolute atomic E-state index is 12.9. The zero-order valence-electron chi connectivity index (χ0n) is 15.0. The van der Waals surface area contributed by atoms with Crippen molar-refractivity contribution in [3.63, 3.8) is 0 Å². The Morgan fingerprint density at radius 1 is 0.920 bits per heavy atom. The van der Waals surface area contributed by atoms with E-state index in [9.17, 15) is 9.59 Å². The van der Waals surface area contributed by atoms with Gasteiger partial charge in [-0.05, 0) is 37.5 Å². The number of ketones is 1. The molecule has 0 radical (unpaired) electrons. The first kappa shape index (κ1) is 18.9. The van der Waals surface area contributed by atoms with Crippen molar-refractivity contribution in [2.24, 2.45) is 5.92 Å². The molecular weight excluding hydrogens is 312 g/mol. The SMILES string of the molecule is CCCCC(Cc1ccccc1)C(=O)c1ccc(C(=O)OCC)cc1. The first-order chi connectivity index (χ1) is 12.2. The number of benzene rings is 2. The highest BCUT2D eigenvalue weighted by Gasteiger charge is 2.20. The molecule has 0 aliphatic carbocycles. The fourth-order valence-corrected chi connectivity index (χ4v) is 2.90. The summed E-state index contributed by atoms with van der Waals surface area (Å²) in [5.74, 6) is -0.239. The Morgan fingerprint density at radius 3 is 2.16 bits per heavy atom. The molecule has 0 fully saturated rings. The number of unbranched alkanes of at least 4 members (excludes halogenated alkanes) is 1. The molecule has 0 saturated carbocycles. The van der Waals surface area contributed by atoms with E-state index in [2.05, 4.69) is 19.1 Å². The summed E-state index contributed by atoms with van der Waals surface area (Å²) in [6.07, 6.45) is 3.73. The van der Waals surface area contributed by atoms with E-state index in [1.54, 1.807) is 31.2 Å². The van der Waals surface area contributed by atoms with Crippen LogP contribution in [0.2, 0.25) is 0 Å². The summed E-state index contributed by atoms with van der Waals surface area (Å²) in [5, 5.41) is 0. The van der Waals surface area contributed by atoms with Crippen LogP contribution in [0.3, 0.4) is 0 Å². The number of carbonyl (C=O) groups excluding carboxylic acids is 2. The molecule has 0 spiro atoms. The summed E-state index contributed by atoms with van der Waals surface area (Å²) in [5.41, 5.74) is 2.32. The van der Waals surface area contributed by atoms with Crippen molar-refractivity contribution in [2.75, 3.05) is 6.61 Å². The fraction of sp³-hybridized carbons (Fsp3) is 0.364. The number of carbonyl (C=O) groups is 2. The van der Waals surface area contributed by atoms with Crippen LogP contribution in [0.25, 0.3) is 0 Å². The second-order valence-corrected chi connectivity index (χ2v) is 6.19. The molecule has 0 N–H and O–H groups in total. The quantitative estimate of drug-likeness (QED) is 0.472. The topological polar surface area (TPSA) is 43.4 Å². The summed E-state index contributed by atoms with van der Waals surface area (Å²) < 4.78 is 4.98. The highest BCUT2D eigenvalue weighted by atomic mass is 16.5. The molecule has 132 valence electrons. The minimum Gasteiger partial charge on any atom is -0.462 e. The fourth-order valence-electron chi connectivity index (χ4n) is 2.90. The van der Waals surface area contributed by atoms with Gasteiger partial charge in [0.1, 0.15) is 0 Å². The summed E-state index contributed by atoms with van der Waals surface area (Å²) in [7, 11) is 0. The molecule has 0 amide bonds. The Bertz CT molecular complexity index is 674. The first-order valence-electron chi connectivity index (χ1n) is 9.01. The van der Waals surface area contributed by atoms with Crippen LogP contribution >= 0.6 is 0 Å². The van der Waals surface area contributed by atoms with Crippen LogP contribution in [0.15, 0.2) is 54.6 Å². The standard InChI is InChI=1S/C22H26O3/c1-3-5-11-20(16-17-9-7-6-8-10-17)21(23)18-12-14-19(15-13-18)22(24)25-4-2/h6-10,12-15,20H,3-5,11,16H2,1-2H3. The summed E-state index contributed by atoms with van der Waals surface area (Å²) >= 11 is 0. The van der Waals surface area contributed by atoms with Crippen molar-refractivity contribution in [1.29, 1.82) is 0 Å². The Hall–Kier alpha value is -2.42. The normalized spacial score (nSPS) is 11.8. The van der Waals surface area contributed by atoms with Gasteiger partial charge in [-0.15, -0.1) is 0 Å². The Morgan fingerprint density at radius 2 is 1.56 bits per heavy atom. The zero-order chi connectivity index (χ0) is 18.1. The van der Waals surface area contributed by atoms with Crippen molar-refractivity contribution in [2.45, 2.75) is 39.5 Å². The van der Waals surface area contributed by atoms with E-state index in [-0.39, 0.29) is 17.7 Å². The zero-order valence-corrected chi connectivity index (χ0v) is 15.0. The average molecular weight is 338 g/mol. The van der Waals surface area contributed by atoms with E-state index in [1.807, 2.05) is 18.2 Å². The van der Waals surface area contributed by atoms with E-state index in [0.717, 1.165) is 25.7 Å². The highest BCUT2D eigenvalue weighted by Crippen LogP contribution is 2.21. The maximum atomic E-state index is 12.9. The third-order valence-corrected chi connectivity index (χ3v) is 4.28. The van der Waals surface area contributed by atoms with E-state index in [1.165, 1.54) is 5.56 Å². The Kier molecular flexibility index (Phi) is 7.39. The van der Waals surface area contributed by atoms with Crippen molar-refractivity contribution < 1.29 is 14.3 Å². The van der Waals surface area contributed by atoms with Crippen LogP contribution in [0.1, 0.15) is 59.4 Å². The van der Waals surface area contributed by atoms with Gasteiger partial charge < -0.3 is 4.74 Å². The molecule has 0 heterocycles. The summed E-state index contributed by atoms with van der Waals surface area (Å²) in [6.45, 7) is 4.26. The Balaban J connectivity index is 2.13. The van der Waals surface area contributed by atoms with Gasteiger partial charge in [0.25, 0.3) is 0 Å². The van der Waals surface area contributed by atoms with Crippen LogP contribution in [0.4, 0.5) is 0 Å². The lowest BCUT2D eigenvalue weighted by molar-refractivity contribution is 0.0526. The van der Waals surface area contributed by atoms with Gasteiger partial charge in [-0.1, -0.05) is 62.2 Å². The number of hydrogen-bond donors (Lipinski definition) is 0. The number of esters is 1. The second-order valence-electron chi connectivity index (χ2n) is 6.19. The third-order valence-electron chi connectivity index (χ3n) is 4.28. The molecule has 3 nitrogen and oxygen atoms in total. The van der Waals surface area contributed by atoms with Crippen molar-refractivity contribution in [3.05, 3.63) is 71.3 Å². The number of ether oxygens (including phenoxy) is 1. The third kappa shape index (κ3) is 5.56. The predicted molar refractivity (Wildman–Crippen MR) is 99.9 cm³/mol. The molecule has 2 aromatic carbocycles. The van der Waals surface area contributed by atoms with E-state index in [4.69, 9.17) is 4.74 Å². The summed E-state index contributed by atoms with van der Waals surface area (Å²) in [4.78, 5) is 24.7. The molecule has 0 bridgehead atoms. The van der Waals surface area contributed by atoms with Crippen LogP contribution in [0, 0.1) is 5.92 Å². The Labute approximate surface area is 150 Å². The minimum absolute atomic E-state index is 0.0317. The molecule has 0 aliphatic heterocycles. The van der Waals surface area contributed by atoms with Gasteiger partial charge in [-0.3, -0.25) is 4.79 Å². The molecule has 1 unspecified atom stereocenters. The predicted octanol–water partition coefficient (Wildman–Crippen LogP) is 5.10. The number of hydrogen-bond acceptors (Lipinski definition) is 3. The molecular formula is C22H26O3. The van der Waals surface area contributed by atoms with Gasteiger partial charge in [0.15, 0.2) is 5.78 Å². The van der Waals surface area contributed by atoms with E-state index in [0.29, 0.717) is 17.7 Å². The van der Waals surface area contributed by atoms with Gasteiger partial charge in [0, 0.05) is 11.5 Å². The number of rotatable bonds is 9. The smallest absolute Gasteiger partial charge is 0.338 e. The summed E-state index contributed by atoms with van der Waals surface area (Å²) in [6, 6.07) is 16.9. The lowest BCUT2D eigenvalue weighted by Crippen LogP contribution is -2.18. The maximum Gasteiger partial charge on any atom is 0.338 e. The van der Waals surface area contributed by atoms with Gasteiger partial charge >= 0.3 is 5.97 Å². The van der Waals surface area contributed by atoms with Crippen LogP contribution in [-0.4, -0.2) is 18.4 Å². The van der Waals surface area contributed by atoms with Gasteiger partial charge in [0.05, 0.1) is 12.2 Å². The minimum atomic E-state index is -0.353. The molecule has 2 rings (SSSR count). The van der Waals surface area contributed by atoms with Gasteiger partial charge in [-0.25, -0.2) is 4.79 Å². The lowest BCUT2D eigenvalue weighted by Gasteiger charge is -2.16. The van der Waals surface area contributed by atoms with Crippen LogP contribution in [-0.2, 0) is 11.2 Å². The van der Waals surface area contributed by atoms with Crippen LogP contribution < -0.4 is 0 Å². The largest absolute Gasteiger partial charge is 0.462 e. The van der Waals surface area contributed by atoms with Crippen molar-refractivity contribution in [1.82, 2.24) is 0 Å². The lowest BCUT2D eigenvalue weighted by atomic mass is 9.87. The van der Waals surface area contributed by atoms with Gasteiger partial charge in [-0.2, -0.15) is 0 Å². The molecule has 3 heteroatoms.